The fourth-order valence-electron chi connectivity index (χ4n) is 3.75. The van der Waals surface area contributed by atoms with Crippen LogP contribution >= 0.6 is 0 Å². The summed E-state index contributed by atoms with van der Waals surface area (Å²) in [7, 11) is 0. The number of hydrogen-bond donors (Lipinski definition) is 1. The summed E-state index contributed by atoms with van der Waals surface area (Å²) in [6, 6.07) is 10.3. The van der Waals surface area contributed by atoms with Crippen LogP contribution < -0.4 is 4.90 Å². The lowest BCUT2D eigenvalue weighted by Crippen LogP contribution is -2.45. The van der Waals surface area contributed by atoms with Crippen LogP contribution in [0.4, 0.5) is 5.69 Å². The van der Waals surface area contributed by atoms with Gasteiger partial charge < -0.3 is 10.0 Å². The molecule has 3 unspecified atom stereocenters. The second-order valence-electron chi connectivity index (χ2n) is 6.25. The van der Waals surface area contributed by atoms with E-state index >= 15 is 0 Å². The second kappa shape index (κ2) is 6.16. The average molecular weight is 288 g/mol. The number of benzene rings is 1. The third-order valence-corrected chi connectivity index (χ3v) is 4.68. The van der Waals surface area contributed by atoms with E-state index in [0.29, 0.717) is 6.04 Å². The van der Waals surface area contributed by atoms with Crippen LogP contribution in [0.3, 0.4) is 0 Å². The standard InChI is InChI=1S/C17H24N2O2/c1-13(20)12-15-8-5-10-18(15)16-9-11-19(17(16)21)14-6-3-2-4-7-14/h2-4,6-7,13,15-16,20H,5,8-12H2,1H3. The van der Waals surface area contributed by atoms with Crippen molar-refractivity contribution in [1.82, 2.24) is 4.90 Å². The molecule has 3 rings (SSSR count). The first-order valence-electron chi connectivity index (χ1n) is 7.97. The molecule has 0 aliphatic carbocycles. The summed E-state index contributed by atoms with van der Waals surface area (Å²) in [5, 5.41) is 9.65. The second-order valence-corrected chi connectivity index (χ2v) is 6.25. The van der Waals surface area contributed by atoms with Crippen LogP contribution in [0.15, 0.2) is 30.3 Å². The van der Waals surface area contributed by atoms with Gasteiger partial charge in [0.2, 0.25) is 5.91 Å². The number of carbonyl (C=O) groups is 1. The number of likely N-dealkylation sites (tertiary alicyclic amines) is 1. The first-order valence-corrected chi connectivity index (χ1v) is 7.97. The molecule has 0 aromatic heterocycles. The number of para-hydroxylation sites is 1. The molecule has 1 N–H and O–H groups in total. The van der Waals surface area contributed by atoms with Crippen molar-refractivity contribution in [3.8, 4) is 0 Å². The molecule has 4 nitrogen and oxygen atoms in total. The van der Waals surface area contributed by atoms with Crippen LogP contribution in [0.5, 0.6) is 0 Å². The Labute approximate surface area is 126 Å². The summed E-state index contributed by atoms with van der Waals surface area (Å²) in [6.07, 6.45) is 3.60. The van der Waals surface area contributed by atoms with Gasteiger partial charge in [0.05, 0.1) is 12.1 Å². The summed E-state index contributed by atoms with van der Waals surface area (Å²) < 4.78 is 0. The summed E-state index contributed by atoms with van der Waals surface area (Å²) in [6.45, 7) is 3.62. The van der Waals surface area contributed by atoms with Crippen LogP contribution in [0.2, 0.25) is 0 Å². The number of rotatable bonds is 4. The number of aliphatic hydroxyl groups excluding tert-OH is 1. The van der Waals surface area contributed by atoms with Gasteiger partial charge in [-0.1, -0.05) is 18.2 Å². The topological polar surface area (TPSA) is 43.8 Å². The normalized spacial score (nSPS) is 28.3. The van der Waals surface area contributed by atoms with E-state index in [0.717, 1.165) is 44.5 Å². The highest BCUT2D eigenvalue weighted by Gasteiger charge is 2.41. The molecule has 114 valence electrons. The van der Waals surface area contributed by atoms with Crippen LogP contribution in [0, 0.1) is 0 Å². The van der Waals surface area contributed by atoms with Gasteiger partial charge in [-0.2, -0.15) is 0 Å². The molecule has 0 bridgehead atoms. The van der Waals surface area contributed by atoms with Gasteiger partial charge in [-0.05, 0) is 51.3 Å². The number of hydrogen-bond acceptors (Lipinski definition) is 3. The number of anilines is 1. The van der Waals surface area contributed by atoms with Gasteiger partial charge >= 0.3 is 0 Å². The van der Waals surface area contributed by atoms with Crippen LogP contribution in [0.1, 0.15) is 32.6 Å². The van der Waals surface area contributed by atoms with E-state index in [9.17, 15) is 9.90 Å². The summed E-state index contributed by atoms with van der Waals surface area (Å²) >= 11 is 0. The number of nitrogens with zero attached hydrogens (tertiary/aromatic N) is 2. The van der Waals surface area contributed by atoms with E-state index in [1.807, 2.05) is 42.2 Å². The SMILES string of the molecule is CC(O)CC1CCCN1C1CCN(c2ccccc2)C1=O. The Morgan fingerprint density at radius 3 is 2.71 bits per heavy atom. The van der Waals surface area contributed by atoms with Gasteiger partial charge in [0.15, 0.2) is 0 Å². The highest BCUT2D eigenvalue weighted by atomic mass is 16.3. The molecule has 1 aromatic carbocycles. The van der Waals surface area contributed by atoms with Crippen LogP contribution in [-0.2, 0) is 4.79 Å². The van der Waals surface area contributed by atoms with E-state index in [4.69, 9.17) is 0 Å². The smallest absolute Gasteiger partial charge is 0.244 e. The van der Waals surface area contributed by atoms with E-state index in [2.05, 4.69) is 4.90 Å². The highest BCUT2D eigenvalue weighted by Crippen LogP contribution is 2.30. The van der Waals surface area contributed by atoms with Gasteiger partial charge in [-0.15, -0.1) is 0 Å². The Morgan fingerprint density at radius 1 is 1.24 bits per heavy atom. The molecule has 0 spiro atoms. The Morgan fingerprint density at radius 2 is 2.00 bits per heavy atom. The molecule has 2 aliphatic rings. The average Bonchev–Trinajstić information content (AvgIpc) is 3.05. The molecule has 2 fully saturated rings. The largest absolute Gasteiger partial charge is 0.393 e. The number of carbonyl (C=O) groups excluding carboxylic acids is 1. The van der Waals surface area contributed by atoms with Crippen molar-refractivity contribution in [2.24, 2.45) is 0 Å². The number of aliphatic hydroxyl groups is 1. The Balaban J connectivity index is 1.71. The molecule has 1 aromatic rings. The predicted molar refractivity (Wildman–Crippen MR) is 83.2 cm³/mol. The third-order valence-electron chi connectivity index (χ3n) is 4.68. The molecule has 1 amide bonds. The lowest BCUT2D eigenvalue weighted by Gasteiger charge is -2.30. The predicted octanol–water partition coefficient (Wildman–Crippen LogP) is 2.03. The van der Waals surface area contributed by atoms with E-state index in [1.165, 1.54) is 0 Å². The Kier molecular flexibility index (Phi) is 4.27. The molecule has 2 saturated heterocycles. The van der Waals surface area contributed by atoms with Crippen molar-refractivity contribution in [3.63, 3.8) is 0 Å². The van der Waals surface area contributed by atoms with Gasteiger partial charge in [-0.3, -0.25) is 9.69 Å². The molecule has 3 atom stereocenters. The van der Waals surface area contributed by atoms with E-state index in [-0.39, 0.29) is 18.1 Å². The van der Waals surface area contributed by atoms with Gasteiger partial charge in [0, 0.05) is 18.3 Å². The number of amides is 1. The molecule has 2 heterocycles. The summed E-state index contributed by atoms with van der Waals surface area (Å²) in [4.78, 5) is 17.0. The maximum absolute atomic E-state index is 12.7. The maximum atomic E-state index is 12.7. The minimum absolute atomic E-state index is 0.00328. The zero-order valence-corrected chi connectivity index (χ0v) is 12.6. The third kappa shape index (κ3) is 2.97. The quantitative estimate of drug-likeness (QED) is 0.922. The molecule has 0 radical (unpaired) electrons. The lowest BCUT2D eigenvalue weighted by molar-refractivity contribution is -0.122. The summed E-state index contributed by atoms with van der Waals surface area (Å²) in [5.41, 5.74) is 0.997. The lowest BCUT2D eigenvalue weighted by atomic mass is 10.1. The monoisotopic (exact) mass is 288 g/mol. The van der Waals surface area contributed by atoms with Gasteiger partial charge in [-0.25, -0.2) is 0 Å². The molecule has 4 heteroatoms. The van der Waals surface area contributed by atoms with Crippen molar-refractivity contribution in [1.29, 1.82) is 0 Å². The van der Waals surface area contributed by atoms with Gasteiger partial charge in [0.1, 0.15) is 0 Å². The van der Waals surface area contributed by atoms with E-state index < -0.39 is 0 Å². The zero-order valence-electron chi connectivity index (χ0n) is 12.6. The zero-order chi connectivity index (χ0) is 14.8. The van der Waals surface area contributed by atoms with Crippen molar-refractivity contribution in [2.75, 3.05) is 18.0 Å². The molecular weight excluding hydrogens is 264 g/mol. The van der Waals surface area contributed by atoms with Crippen LogP contribution in [0.25, 0.3) is 0 Å². The Hall–Kier alpha value is -1.39. The summed E-state index contributed by atoms with van der Waals surface area (Å²) in [5.74, 6) is 0.221. The first kappa shape index (κ1) is 14.5. The molecule has 2 aliphatic heterocycles. The first-order chi connectivity index (χ1) is 10.2. The minimum atomic E-state index is -0.294. The van der Waals surface area contributed by atoms with E-state index in [1.54, 1.807) is 0 Å². The Bertz CT molecular complexity index is 489. The minimum Gasteiger partial charge on any atom is -0.393 e. The highest BCUT2D eigenvalue weighted by molar-refractivity contribution is 5.99. The molecular formula is C17H24N2O2. The fourth-order valence-corrected chi connectivity index (χ4v) is 3.75. The van der Waals surface area contributed by atoms with Crippen molar-refractivity contribution in [3.05, 3.63) is 30.3 Å². The van der Waals surface area contributed by atoms with Crippen molar-refractivity contribution in [2.45, 2.75) is 50.8 Å². The molecule has 21 heavy (non-hydrogen) atoms. The molecule has 0 saturated carbocycles. The van der Waals surface area contributed by atoms with Crippen LogP contribution in [-0.4, -0.2) is 47.2 Å². The maximum Gasteiger partial charge on any atom is 0.244 e. The van der Waals surface area contributed by atoms with Crippen molar-refractivity contribution >= 4 is 11.6 Å². The van der Waals surface area contributed by atoms with Gasteiger partial charge in [0.25, 0.3) is 0 Å². The fraction of sp³-hybridized carbons (Fsp3) is 0.588. The van der Waals surface area contributed by atoms with Crippen molar-refractivity contribution < 1.29 is 9.90 Å².